The summed E-state index contributed by atoms with van der Waals surface area (Å²) in [6.45, 7) is 11.1. The van der Waals surface area contributed by atoms with E-state index in [1.54, 1.807) is 9.25 Å². The molecule has 1 amide bonds. The zero-order valence-electron chi connectivity index (χ0n) is 18.5. The number of fused-ring (bicyclic) bond motifs is 1. The highest BCUT2D eigenvalue weighted by Crippen LogP contribution is 2.09. The van der Waals surface area contributed by atoms with E-state index in [0.717, 1.165) is 44.6 Å². The van der Waals surface area contributed by atoms with E-state index in [4.69, 9.17) is 4.74 Å². The van der Waals surface area contributed by atoms with Crippen LogP contribution in [0.25, 0.3) is 0 Å². The van der Waals surface area contributed by atoms with Crippen LogP contribution in [0.5, 0.6) is 0 Å². The molecular weight excluding hydrogens is 501 g/mol. The molecule has 30 heavy (non-hydrogen) atoms. The van der Waals surface area contributed by atoms with Gasteiger partial charge in [-0.1, -0.05) is 0 Å². The molecule has 1 aliphatic heterocycles. The normalized spacial score (nSPS) is 13.8. The number of carbonyl (C=O) groups is 1. The molecular formula is C19H36IN7O3. The number of rotatable bonds is 8. The molecule has 2 rings (SSSR count). The van der Waals surface area contributed by atoms with Crippen LogP contribution in [-0.4, -0.2) is 58.2 Å². The molecule has 0 bridgehead atoms. The average molecular weight is 537 g/mol. The predicted octanol–water partition coefficient (Wildman–Crippen LogP) is 1.47. The zero-order chi connectivity index (χ0) is 21.3. The van der Waals surface area contributed by atoms with Crippen LogP contribution in [0.2, 0.25) is 0 Å². The van der Waals surface area contributed by atoms with Gasteiger partial charge < -0.3 is 20.7 Å². The lowest BCUT2D eigenvalue weighted by Crippen LogP contribution is -2.42. The monoisotopic (exact) mass is 537 g/mol. The summed E-state index contributed by atoms with van der Waals surface area (Å²) in [7, 11) is 0. The van der Waals surface area contributed by atoms with E-state index in [9.17, 15) is 9.59 Å². The van der Waals surface area contributed by atoms with Crippen LogP contribution < -0.4 is 21.6 Å². The van der Waals surface area contributed by atoms with Gasteiger partial charge in [-0.2, -0.15) is 5.10 Å². The minimum atomic E-state index is -0.510. The number of ether oxygens (including phenoxy) is 1. The lowest BCUT2D eigenvalue weighted by atomic mass is 10.2. The van der Waals surface area contributed by atoms with E-state index in [2.05, 4.69) is 26.0 Å². The number of amides is 1. The first-order chi connectivity index (χ1) is 13.8. The quantitative estimate of drug-likeness (QED) is 0.200. The second-order valence-corrected chi connectivity index (χ2v) is 8.00. The summed E-state index contributed by atoms with van der Waals surface area (Å²) in [6.07, 6.45) is 3.31. The summed E-state index contributed by atoms with van der Waals surface area (Å²) >= 11 is 0. The van der Waals surface area contributed by atoms with Crippen LogP contribution in [0.15, 0.2) is 9.79 Å². The average Bonchev–Trinajstić information content (AvgIpc) is 2.97. The summed E-state index contributed by atoms with van der Waals surface area (Å²) in [6, 6.07) is 0. The van der Waals surface area contributed by atoms with Crippen LogP contribution in [-0.2, 0) is 24.2 Å². The number of hydrogen-bond acceptors (Lipinski definition) is 5. The van der Waals surface area contributed by atoms with Crippen LogP contribution in [0.4, 0.5) is 4.79 Å². The Balaban J connectivity index is 0.00000450. The van der Waals surface area contributed by atoms with Gasteiger partial charge in [0.05, 0.1) is 0 Å². The van der Waals surface area contributed by atoms with Gasteiger partial charge >= 0.3 is 11.8 Å². The van der Waals surface area contributed by atoms with Crippen molar-refractivity contribution in [3.05, 3.63) is 16.3 Å². The number of aromatic nitrogens is 3. The second-order valence-electron chi connectivity index (χ2n) is 8.00. The molecule has 0 radical (unpaired) electrons. The molecule has 0 aliphatic carbocycles. The van der Waals surface area contributed by atoms with E-state index in [1.807, 2.05) is 27.7 Å². The molecule has 1 aliphatic rings. The Morgan fingerprint density at radius 2 is 1.93 bits per heavy atom. The van der Waals surface area contributed by atoms with E-state index in [1.165, 1.54) is 0 Å². The molecule has 0 saturated carbocycles. The highest BCUT2D eigenvalue weighted by Gasteiger charge is 2.16. The maximum atomic E-state index is 12.3. The fraction of sp³-hybridized carbons (Fsp3) is 0.789. The van der Waals surface area contributed by atoms with Crippen LogP contribution in [0.3, 0.4) is 0 Å². The van der Waals surface area contributed by atoms with Crippen molar-refractivity contribution < 1.29 is 9.53 Å². The van der Waals surface area contributed by atoms with Crippen LogP contribution >= 0.6 is 24.0 Å². The van der Waals surface area contributed by atoms with Crippen molar-refractivity contribution >= 4 is 36.0 Å². The fourth-order valence-electron chi connectivity index (χ4n) is 3.01. The van der Waals surface area contributed by atoms with Crippen molar-refractivity contribution in [2.24, 2.45) is 4.99 Å². The Kier molecular flexibility index (Phi) is 11.2. The number of guanidine groups is 1. The van der Waals surface area contributed by atoms with Crippen molar-refractivity contribution in [2.45, 2.75) is 72.1 Å². The van der Waals surface area contributed by atoms with Crippen LogP contribution in [0.1, 0.15) is 52.8 Å². The molecule has 2 heterocycles. The molecule has 0 saturated heterocycles. The highest BCUT2D eigenvalue weighted by atomic mass is 127. The van der Waals surface area contributed by atoms with Gasteiger partial charge in [-0.3, -0.25) is 9.56 Å². The summed E-state index contributed by atoms with van der Waals surface area (Å²) in [5.41, 5.74) is -0.522. The Morgan fingerprint density at radius 3 is 2.60 bits per heavy atom. The third-order valence-electron chi connectivity index (χ3n) is 4.26. The number of nitrogens with zero attached hydrogens (tertiary/aromatic N) is 4. The van der Waals surface area contributed by atoms with E-state index in [0.29, 0.717) is 32.1 Å². The summed E-state index contributed by atoms with van der Waals surface area (Å²) in [4.78, 5) is 28.5. The highest BCUT2D eigenvalue weighted by molar-refractivity contribution is 14.0. The van der Waals surface area contributed by atoms with E-state index < -0.39 is 11.7 Å². The topological polar surface area (TPSA) is 115 Å². The van der Waals surface area contributed by atoms with Crippen molar-refractivity contribution in [1.29, 1.82) is 0 Å². The first-order valence-electron chi connectivity index (χ1n) is 10.5. The second kappa shape index (κ2) is 12.8. The zero-order valence-corrected chi connectivity index (χ0v) is 20.8. The summed E-state index contributed by atoms with van der Waals surface area (Å²) in [5.74, 6) is 1.58. The smallest absolute Gasteiger partial charge is 0.407 e. The van der Waals surface area contributed by atoms with Gasteiger partial charge in [0.1, 0.15) is 11.4 Å². The van der Waals surface area contributed by atoms with Crippen molar-refractivity contribution in [3.8, 4) is 0 Å². The van der Waals surface area contributed by atoms with Gasteiger partial charge in [0.2, 0.25) is 0 Å². The first-order valence-corrected chi connectivity index (χ1v) is 10.5. The molecule has 1 aromatic rings. The largest absolute Gasteiger partial charge is 0.444 e. The molecule has 172 valence electrons. The van der Waals surface area contributed by atoms with Gasteiger partial charge in [0.15, 0.2) is 5.96 Å². The lowest BCUT2D eigenvalue weighted by Gasteiger charge is -2.19. The maximum Gasteiger partial charge on any atom is 0.407 e. The number of alkyl carbamates (subject to hydrolysis) is 1. The molecule has 3 N–H and O–H groups in total. The third-order valence-corrected chi connectivity index (χ3v) is 4.26. The number of nitrogens with one attached hydrogen (secondary N) is 3. The minimum absolute atomic E-state index is 0. The standard InChI is InChI=1S/C19H35N7O3.HI/c1-5-20-16(22-11-12-23-17(27)29-19(2,3)4)21-10-8-14-26-18(28)25-13-7-6-9-15(25)24-26;/h5-14H2,1-4H3,(H,23,27)(H2,20,21,22);1H. The number of aliphatic imine (C=N–C) groups is 1. The molecule has 0 atom stereocenters. The molecule has 0 unspecified atom stereocenters. The SMILES string of the molecule is CCNC(=NCCCn1nc2n(c1=O)CCCC2)NCCNC(=O)OC(C)(C)C.I. The number of carbonyl (C=O) groups excluding carboxylic acids is 1. The molecule has 1 aromatic heterocycles. The van der Waals surface area contributed by atoms with Crippen molar-refractivity contribution in [2.75, 3.05) is 26.2 Å². The first kappa shape index (κ1) is 26.2. The van der Waals surface area contributed by atoms with Crippen LogP contribution in [0, 0.1) is 0 Å². The molecule has 11 heteroatoms. The van der Waals surface area contributed by atoms with Gasteiger partial charge in [0, 0.05) is 45.7 Å². The van der Waals surface area contributed by atoms with E-state index >= 15 is 0 Å². The molecule has 0 aromatic carbocycles. The molecule has 0 fully saturated rings. The maximum absolute atomic E-state index is 12.3. The molecule has 0 spiro atoms. The predicted molar refractivity (Wildman–Crippen MR) is 128 cm³/mol. The van der Waals surface area contributed by atoms with E-state index in [-0.39, 0.29) is 29.7 Å². The van der Waals surface area contributed by atoms with Gasteiger partial charge in [0.25, 0.3) is 0 Å². The van der Waals surface area contributed by atoms with Gasteiger partial charge in [-0.25, -0.2) is 14.3 Å². The fourth-order valence-corrected chi connectivity index (χ4v) is 3.01. The number of hydrogen-bond donors (Lipinski definition) is 3. The Hall–Kier alpha value is -1.79. The lowest BCUT2D eigenvalue weighted by molar-refractivity contribution is 0.0529. The summed E-state index contributed by atoms with van der Waals surface area (Å²) in [5, 5.41) is 13.5. The Bertz CT molecular complexity index is 752. The third kappa shape index (κ3) is 8.92. The van der Waals surface area contributed by atoms with Gasteiger partial charge in [-0.05, 0) is 47.0 Å². The Morgan fingerprint density at radius 1 is 1.20 bits per heavy atom. The van der Waals surface area contributed by atoms with Crippen molar-refractivity contribution in [1.82, 2.24) is 30.3 Å². The number of halogens is 1. The molecule has 10 nitrogen and oxygen atoms in total. The van der Waals surface area contributed by atoms with Crippen molar-refractivity contribution in [3.63, 3.8) is 0 Å². The summed E-state index contributed by atoms with van der Waals surface area (Å²) < 4.78 is 8.54. The number of aryl methyl sites for hydroxylation is 2. The van der Waals surface area contributed by atoms with Gasteiger partial charge in [-0.15, -0.1) is 24.0 Å². The minimum Gasteiger partial charge on any atom is -0.444 e. The Labute approximate surface area is 195 Å².